The van der Waals surface area contributed by atoms with Gasteiger partial charge in [0.2, 0.25) is 11.9 Å². The number of nitrogen functional groups attached to an aromatic ring is 1. The van der Waals surface area contributed by atoms with Gasteiger partial charge in [0.1, 0.15) is 6.61 Å². The van der Waals surface area contributed by atoms with Crippen molar-refractivity contribution in [2.24, 2.45) is 11.8 Å². The van der Waals surface area contributed by atoms with Crippen molar-refractivity contribution < 1.29 is 9.47 Å². The molecule has 0 aliphatic heterocycles. The molecule has 0 unspecified atom stereocenters. The average molecular weight is 298 g/mol. The first-order valence-corrected chi connectivity index (χ1v) is 7.28. The maximum absolute atomic E-state index is 5.50. The van der Waals surface area contributed by atoms with Crippen molar-refractivity contribution in [3.8, 4) is 6.01 Å². The van der Waals surface area contributed by atoms with Crippen LogP contribution in [0, 0.1) is 5.92 Å². The van der Waals surface area contributed by atoms with Gasteiger partial charge in [-0.15, -0.1) is 0 Å². The van der Waals surface area contributed by atoms with E-state index in [-0.39, 0.29) is 12.0 Å². The Balaban J connectivity index is 2.62. The van der Waals surface area contributed by atoms with E-state index in [1.54, 1.807) is 0 Å². The van der Waals surface area contributed by atoms with Crippen LogP contribution in [0.3, 0.4) is 0 Å². The Kier molecular flexibility index (Phi) is 7.70. The quantitative estimate of drug-likeness (QED) is 0.376. The van der Waals surface area contributed by atoms with Crippen LogP contribution >= 0.6 is 0 Å². The number of nitrogens with two attached hydrogens (primary N) is 1. The number of hydrogen-bond donors (Lipinski definition) is 2. The van der Waals surface area contributed by atoms with Crippen molar-refractivity contribution in [2.75, 3.05) is 43.2 Å². The summed E-state index contributed by atoms with van der Waals surface area (Å²) in [6.07, 6.45) is 0. The molecule has 0 saturated heterocycles. The SMILES string of the molecule is CCN(CC)c1nc(NN)nc(OCCOCC(C)C)n1. The van der Waals surface area contributed by atoms with Gasteiger partial charge in [0.05, 0.1) is 6.61 Å². The summed E-state index contributed by atoms with van der Waals surface area (Å²) in [6, 6.07) is 0.244. The van der Waals surface area contributed by atoms with Crippen LogP contribution in [0.1, 0.15) is 27.7 Å². The van der Waals surface area contributed by atoms with Crippen LogP contribution in [0.25, 0.3) is 0 Å². The number of ether oxygens (including phenoxy) is 2. The van der Waals surface area contributed by atoms with Crippen LogP contribution < -0.4 is 20.9 Å². The van der Waals surface area contributed by atoms with E-state index in [2.05, 4.69) is 34.2 Å². The number of anilines is 2. The minimum absolute atomic E-state index is 0.244. The molecule has 0 amide bonds. The van der Waals surface area contributed by atoms with Crippen molar-refractivity contribution in [3.05, 3.63) is 0 Å². The summed E-state index contributed by atoms with van der Waals surface area (Å²) in [5, 5.41) is 0. The molecule has 8 nitrogen and oxygen atoms in total. The normalized spacial score (nSPS) is 10.8. The third-order valence-corrected chi connectivity index (χ3v) is 2.69. The molecule has 0 aliphatic carbocycles. The maximum Gasteiger partial charge on any atom is 0.323 e. The minimum atomic E-state index is 0.244. The smallest absolute Gasteiger partial charge is 0.323 e. The first-order valence-electron chi connectivity index (χ1n) is 7.28. The fourth-order valence-electron chi connectivity index (χ4n) is 1.63. The molecular weight excluding hydrogens is 272 g/mol. The molecule has 8 heteroatoms. The fraction of sp³-hybridized carbons (Fsp3) is 0.769. The zero-order valence-electron chi connectivity index (χ0n) is 13.3. The summed E-state index contributed by atoms with van der Waals surface area (Å²) >= 11 is 0. The first kappa shape index (κ1) is 17.4. The zero-order chi connectivity index (χ0) is 15.7. The van der Waals surface area contributed by atoms with E-state index < -0.39 is 0 Å². The van der Waals surface area contributed by atoms with Crippen molar-refractivity contribution in [1.82, 2.24) is 15.0 Å². The molecule has 0 fully saturated rings. The number of hydrogen-bond acceptors (Lipinski definition) is 8. The molecule has 0 spiro atoms. The summed E-state index contributed by atoms with van der Waals surface area (Å²) in [7, 11) is 0. The van der Waals surface area contributed by atoms with Crippen molar-refractivity contribution in [1.29, 1.82) is 0 Å². The third-order valence-electron chi connectivity index (χ3n) is 2.69. The van der Waals surface area contributed by atoms with Gasteiger partial charge in [0, 0.05) is 19.7 Å². The lowest BCUT2D eigenvalue weighted by atomic mass is 10.2. The minimum Gasteiger partial charge on any atom is -0.461 e. The Morgan fingerprint density at radius 1 is 1.14 bits per heavy atom. The van der Waals surface area contributed by atoms with E-state index in [1.165, 1.54) is 0 Å². The topological polar surface area (TPSA) is 98.4 Å². The largest absolute Gasteiger partial charge is 0.461 e. The van der Waals surface area contributed by atoms with Crippen LogP contribution in [-0.2, 0) is 4.74 Å². The molecule has 1 aromatic rings. The van der Waals surface area contributed by atoms with Gasteiger partial charge in [-0.25, -0.2) is 5.84 Å². The van der Waals surface area contributed by atoms with Crippen LogP contribution in [0.15, 0.2) is 0 Å². The molecule has 0 atom stereocenters. The molecule has 0 aliphatic rings. The maximum atomic E-state index is 5.50. The first-order chi connectivity index (χ1) is 10.1. The molecule has 1 aromatic heterocycles. The second-order valence-corrected chi connectivity index (χ2v) is 4.88. The molecule has 120 valence electrons. The molecule has 1 rings (SSSR count). The van der Waals surface area contributed by atoms with Gasteiger partial charge in [0.15, 0.2) is 0 Å². The van der Waals surface area contributed by atoms with E-state index in [1.807, 2.05) is 18.7 Å². The molecule has 0 radical (unpaired) electrons. The lowest BCUT2D eigenvalue weighted by Gasteiger charge is -2.19. The fourth-order valence-corrected chi connectivity index (χ4v) is 1.63. The number of rotatable bonds is 10. The van der Waals surface area contributed by atoms with Crippen molar-refractivity contribution in [2.45, 2.75) is 27.7 Å². The summed E-state index contributed by atoms with van der Waals surface area (Å²) in [5.74, 6) is 6.71. The zero-order valence-corrected chi connectivity index (χ0v) is 13.3. The highest BCUT2D eigenvalue weighted by atomic mass is 16.5. The molecule has 0 bridgehead atoms. The van der Waals surface area contributed by atoms with Crippen LogP contribution in [-0.4, -0.2) is 47.9 Å². The highest BCUT2D eigenvalue weighted by molar-refractivity contribution is 5.37. The Hall–Kier alpha value is -1.67. The van der Waals surface area contributed by atoms with Gasteiger partial charge in [0.25, 0.3) is 0 Å². The lowest BCUT2D eigenvalue weighted by Crippen LogP contribution is -2.26. The molecule has 3 N–H and O–H groups in total. The Morgan fingerprint density at radius 2 is 1.86 bits per heavy atom. The highest BCUT2D eigenvalue weighted by Crippen LogP contribution is 2.14. The molecule has 1 heterocycles. The van der Waals surface area contributed by atoms with Gasteiger partial charge >= 0.3 is 6.01 Å². The van der Waals surface area contributed by atoms with E-state index in [9.17, 15) is 0 Å². The number of hydrazine groups is 1. The van der Waals surface area contributed by atoms with E-state index in [0.717, 1.165) is 13.1 Å². The highest BCUT2D eigenvalue weighted by Gasteiger charge is 2.11. The van der Waals surface area contributed by atoms with Crippen molar-refractivity contribution in [3.63, 3.8) is 0 Å². The monoisotopic (exact) mass is 298 g/mol. The average Bonchev–Trinajstić information content (AvgIpc) is 2.47. The Labute approximate surface area is 126 Å². The van der Waals surface area contributed by atoms with Crippen LogP contribution in [0.5, 0.6) is 6.01 Å². The molecule has 21 heavy (non-hydrogen) atoms. The van der Waals surface area contributed by atoms with Gasteiger partial charge in [-0.1, -0.05) is 13.8 Å². The van der Waals surface area contributed by atoms with E-state index in [0.29, 0.717) is 31.7 Å². The number of nitrogens with one attached hydrogen (secondary N) is 1. The Morgan fingerprint density at radius 3 is 2.43 bits per heavy atom. The predicted molar refractivity (Wildman–Crippen MR) is 82.4 cm³/mol. The third kappa shape index (κ3) is 6.09. The van der Waals surface area contributed by atoms with Gasteiger partial charge in [-0.3, -0.25) is 5.43 Å². The summed E-state index contributed by atoms with van der Waals surface area (Å²) in [6.45, 7) is 11.4. The predicted octanol–water partition coefficient (Wildman–Crippen LogP) is 1.05. The molecule has 0 saturated carbocycles. The summed E-state index contributed by atoms with van der Waals surface area (Å²) < 4.78 is 10.9. The Bertz CT molecular complexity index is 412. The van der Waals surface area contributed by atoms with Gasteiger partial charge in [-0.2, -0.15) is 15.0 Å². The number of aromatic nitrogens is 3. The second kappa shape index (κ2) is 9.30. The second-order valence-electron chi connectivity index (χ2n) is 4.88. The lowest BCUT2D eigenvalue weighted by molar-refractivity contribution is 0.0792. The summed E-state index contributed by atoms with van der Waals surface area (Å²) in [4.78, 5) is 14.6. The van der Waals surface area contributed by atoms with Crippen LogP contribution in [0.2, 0.25) is 0 Å². The van der Waals surface area contributed by atoms with Gasteiger partial charge < -0.3 is 14.4 Å². The van der Waals surface area contributed by atoms with Gasteiger partial charge in [-0.05, 0) is 19.8 Å². The molecule has 0 aromatic carbocycles. The van der Waals surface area contributed by atoms with Crippen molar-refractivity contribution >= 4 is 11.9 Å². The number of nitrogens with zero attached hydrogens (tertiary/aromatic N) is 4. The summed E-state index contributed by atoms with van der Waals surface area (Å²) in [5.41, 5.74) is 2.43. The molecular formula is C13H26N6O2. The van der Waals surface area contributed by atoms with Crippen LogP contribution in [0.4, 0.5) is 11.9 Å². The standard InChI is InChI=1S/C13H26N6O2/c1-5-19(6-2)12-15-11(18-14)16-13(17-12)21-8-7-20-9-10(3)4/h10H,5-9,14H2,1-4H3,(H,15,16,17,18). The van der Waals surface area contributed by atoms with E-state index >= 15 is 0 Å². The van der Waals surface area contributed by atoms with E-state index in [4.69, 9.17) is 15.3 Å².